The van der Waals surface area contributed by atoms with E-state index in [9.17, 15) is 4.79 Å². The summed E-state index contributed by atoms with van der Waals surface area (Å²) < 4.78 is 7.16. The lowest BCUT2D eigenvalue weighted by atomic mass is 10.00. The summed E-state index contributed by atoms with van der Waals surface area (Å²) in [4.78, 5) is 21.0. The first-order chi connectivity index (χ1) is 18.9. The lowest BCUT2D eigenvalue weighted by molar-refractivity contribution is -0.119. The van der Waals surface area contributed by atoms with Crippen LogP contribution in [-0.2, 0) is 9.53 Å². The average Bonchev–Trinajstić information content (AvgIpc) is 3.55. The van der Waals surface area contributed by atoms with Crippen LogP contribution >= 0.6 is 12.2 Å². The number of hydrogen-bond acceptors (Lipinski definition) is 5. The highest BCUT2D eigenvalue weighted by Gasteiger charge is 2.42. The molecule has 2 atom stereocenters. The zero-order valence-corrected chi connectivity index (χ0v) is 23.3. The van der Waals surface area contributed by atoms with Gasteiger partial charge in [-0.05, 0) is 91.4 Å². The van der Waals surface area contributed by atoms with Crippen molar-refractivity contribution in [3.8, 4) is 5.69 Å². The molecule has 0 bridgehead atoms. The van der Waals surface area contributed by atoms with E-state index in [1.165, 1.54) is 7.11 Å². The van der Waals surface area contributed by atoms with Gasteiger partial charge in [0.2, 0.25) is 5.91 Å². The van der Waals surface area contributed by atoms with Gasteiger partial charge in [0.05, 0.1) is 11.7 Å². The number of ether oxygens (including phenoxy) is 1. The molecule has 200 valence electrons. The molecule has 1 saturated heterocycles. The van der Waals surface area contributed by atoms with Crippen molar-refractivity contribution in [2.24, 2.45) is 0 Å². The van der Waals surface area contributed by atoms with Crippen molar-refractivity contribution in [2.75, 3.05) is 42.9 Å². The van der Waals surface area contributed by atoms with Gasteiger partial charge in [-0.15, -0.1) is 0 Å². The summed E-state index contributed by atoms with van der Waals surface area (Å²) in [6.07, 6.45) is 3.88. The number of aromatic nitrogens is 2. The van der Waals surface area contributed by atoms with E-state index in [0.29, 0.717) is 5.11 Å². The second-order valence-corrected chi connectivity index (χ2v) is 10.1. The molecule has 9 heteroatoms. The summed E-state index contributed by atoms with van der Waals surface area (Å²) in [7, 11) is 5.57. The molecule has 1 amide bonds. The number of anilines is 3. The molecule has 2 unspecified atom stereocenters. The second kappa shape index (κ2) is 11.3. The number of nitrogens with zero attached hydrogens (tertiary/aromatic N) is 4. The lowest BCUT2D eigenvalue weighted by Gasteiger charge is -2.29. The third kappa shape index (κ3) is 5.36. The van der Waals surface area contributed by atoms with Gasteiger partial charge in [-0.1, -0.05) is 6.07 Å². The first kappa shape index (κ1) is 26.4. The molecule has 5 rings (SSSR count). The first-order valence-electron chi connectivity index (χ1n) is 12.7. The summed E-state index contributed by atoms with van der Waals surface area (Å²) in [5.41, 5.74) is 6.76. The highest BCUT2D eigenvalue weighted by molar-refractivity contribution is 7.80. The average molecular weight is 541 g/mol. The minimum absolute atomic E-state index is 0.00165. The van der Waals surface area contributed by atoms with Crippen molar-refractivity contribution >= 4 is 40.3 Å². The van der Waals surface area contributed by atoms with Crippen LogP contribution in [0.1, 0.15) is 29.0 Å². The number of aryl methyl sites for hydroxylation is 1. The highest BCUT2D eigenvalue weighted by atomic mass is 32.1. The van der Waals surface area contributed by atoms with Gasteiger partial charge in [-0.3, -0.25) is 9.78 Å². The Bertz CT molecular complexity index is 1470. The van der Waals surface area contributed by atoms with Crippen LogP contribution in [0.15, 0.2) is 85.2 Å². The summed E-state index contributed by atoms with van der Waals surface area (Å²) in [6.45, 7) is 1.97. The maximum Gasteiger partial charge on any atom is 0.250 e. The molecule has 4 aromatic rings. The van der Waals surface area contributed by atoms with Crippen molar-refractivity contribution < 1.29 is 9.53 Å². The first-order valence-corrected chi connectivity index (χ1v) is 13.1. The number of nitrogens with one attached hydrogen (secondary N) is 2. The Morgan fingerprint density at radius 3 is 2.51 bits per heavy atom. The predicted octanol–water partition coefficient (Wildman–Crippen LogP) is 5.01. The molecule has 39 heavy (non-hydrogen) atoms. The van der Waals surface area contributed by atoms with E-state index < -0.39 is 0 Å². The SMILES string of the molecule is COCC(=O)Nc1ccc(N2C(=S)NC(c3ccccn3)C2c2cccn2-c2ccc(N(C)C)cc2)cc1C. The predicted molar refractivity (Wildman–Crippen MR) is 160 cm³/mol. The minimum atomic E-state index is -0.196. The number of pyridine rings is 1. The molecule has 0 radical (unpaired) electrons. The Hall–Kier alpha value is -4.21. The lowest BCUT2D eigenvalue weighted by Crippen LogP contribution is -2.30. The van der Waals surface area contributed by atoms with Gasteiger partial charge in [0.25, 0.3) is 0 Å². The van der Waals surface area contributed by atoms with Crippen LogP contribution in [0.3, 0.4) is 0 Å². The van der Waals surface area contributed by atoms with Crippen molar-refractivity contribution in [1.82, 2.24) is 14.9 Å². The van der Waals surface area contributed by atoms with Gasteiger partial charge in [0.1, 0.15) is 12.6 Å². The topological polar surface area (TPSA) is 74.7 Å². The van der Waals surface area contributed by atoms with E-state index in [2.05, 4.69) is 72.6 Å². The van der Waals surface area contributed by atoms with Crippen molar-refractivity contribution in [1.29, 1.82) is 0 Å². The standard InChI is InChI=1S/C30H32N6O2S/c1-20-18-23(14-15-24(20)32-27(37)19-38-4)36-29(28(33-30(36)39)25-8-5-6-16-31-25)26-9-7-17-35(26)22-12-10-21(11-13-22)34(2)3/h5-18,28-29H,19H2,1-4H3,(H,32,37)(H,33,39). The summed E-state index contributed by atoms with van der Waals surface area (Å²) in [6, 6.07) is 24.2. The van der Waals surface area contributed by atoms with Crippen molar-refractivity contribution in [2.45, 2.75) is 19.0 Å². The number of methoxy groups -OCH3 is 1. The molecular weight excluding hydrogens is 508 g/mol. The molecule has 1 aliphatic rings. The number of thiocarbonyl (C=S) groups is 1. The maximum atomic E-state index is 12.1. The number of rotatable bonds is 8. The number of carbonyl (C=O) groups excluding carboxylic acids is 1. The van der Waals surface area contributed by atoms with Crippen LogP contribution in [-0.4, -0.2) is 48.4 Å². The van der Waals surface area contributed by atoms with Crippen LogP contribution in [0.4, 0.5) is 17.1 Å². The van der Waals surface area contributed by atoms with Crippen molar-refractivity contribution in [3.63, 3.8) is 0 Å². The van der Waals surface area contributed by atoms with E-state index in [0.717, 1.165) is 39.7 Å². The van der Waals surface area contributed by atoms with E-state index in [4.69, 9.17) is 17.0 Å². The van der Waals surface area contributed by atoms with Gasteiger partial charge in [0, 0.05) is 62.0 Å². The fourth-order valence-electron chi connectivity index (χ4n) is 4.97. The van der Waals surface area contributed by atoms with Gasteiger partial charge in [-0.25, -0.2) is 0 Å². The third-order valence-corrected chi connectivity index (χ3v) is 7.18. The van der Waals surface area contributed by atoms with E-state index in [1.54, 1.807) is 6.20 Å². The second-order valence-electron chi connectivity index (χ2n) is 9.69. The summed E-state index contributed by atoms with van der Waals surface area (Å²) in [5.74, 6) is -0.196. The monoisotopic (exact) mass is 540 g/mol. The van der Waals surface area contributed by atoms with Gasteiger partial charge < -0.3 is 29.7 Å². The minimum Gasteiger partial charge on any atom is -0.378 e. The number of carbonyl (C=O) groups is 1. The molecule has 0 saturated carbocycles. The molecular formula is C30H32N6O2S. The van der Waals surface area contributed by atoms with Crippen molar-refractivity contribution in [3.05, 3.63) is 102 Å². The maximum absolute atomic E-state index is 12.1. The summed E-state index contributed by atoms with van der Waals surface area (Å²) >= 11 is 5.92. The van der Waals surface area contributed by atoms with Crippen LogP contribution in [0.25, 0.3) is 5.69 Å². The summed E-state index contributed by atoms with van der Waals surface area (Å²) in [5, 5.41) is 7.05. The van der Waals surface area contributed by atoms with Gasteiger partial charge >= 0.3 is 0 Å². The molecule has 0 spiro atoms. The van der Waals surface area contributed by atoms with E-state index in [-0.39, 0.29) is 24.6 Å². The fraction of sp³-hybridized carbons (Fsp3) is 0.233. The Morgan fingerprint density at radius 1 is 1.08 bits per heavy atom. The van der Waals surface area contributed by atoms with Crippen LogP contribution in [0.2, 0.25) is 0 Å². The molecule has 2 aromatic carbocycles. The third-order valence-electron chi connectivity index (χ3n) is 6.86. The molecule has 1 fully saturated rings. The molecule has 3 heterocycles. The number of amides is 1. The van der Waals surface area contributed by atoms with E-state index in [1.807, 2.05) is 57.4 Å². The van der Waals surface area contributed by atoms with E-state index >= 15 is 0 Å². The van der Waals surface area contributed by atoms with Crippen LogP contribution in [0, 0.1) is 6.92 Å². The molecule has 2 aromatic heterocycles. The zero-order valence-electron chi connectivity index (χ0n) is 22.5. The molecule has 0 aliphatic carbocycles. The fourth-order valence-corrected chi connectivity index (χ4v) is 5.32. The number of benzene rings is 2. The Morgan fingerprint density at radius 2 is 1.85 bits per heavy atom. The van der Waals surface area contributed by atoms with Gasteiger partial charge in [-0.2, -0.15) is 0 Å². The Labute approximate surface area is 234 Å². The van der Waals surface area contributed by atoms with Crippen LogP contribution in [0.5, 0.6) is 0 Å². The normalized spacial score (nSPS) is 16.7. The molecule has 8 nitrogen and oxygen atoms in total. The molecule has 1 aliphatic heterocycles. The molecule has 2 N–H and O–H groups in total. The zero-order chi connectivity index (χ0) is 27.5. The highest BCUT2D eigenvalue weighted by Crippen LogP contribution is 2.43. The largest absolute Gasteiger partial charge is 0.378 e. The Balaban J connectivity index is 1.57. The quantitative estimate of drug-likeness (QED) is 0.305. The smallest absolute Gasteiger partial charge is 0.250 e. The Kier molecular flexibility index (Phi) is 7.63. The van der Waals surface area contributed by atoms with Gasteiger partial charge in [0.15, 0.2) is 5.11 Å². The van der Waals surface area contributed by atoms with Crippen LogP contribution < -0.4 is 20.4 Å². The number of hydrogen-bond donors (Lipinski definition) is 2.